The minimum absolute atomic E-state index is 0.0147. The Morgan fingerprint density at radius 2 is 1.53 bits per heavy atom. The Labute approximate surface area is 205 Å². The lowest BCUT2D eigenvalue weighted by atomic mass is 9.73. The van der Waals surface area contributed by atoms with E-state index < -0.39 is 17.6 Å². The van der Waals surface area contributed by atoms with E-state index in [-0.39, 0.29) is 40.8 Å². The Hall–Kier alpha value is -3.94. The van der Waals surface area contributed by atoms with Gasteiger partial charge in [-0.05, 0) is 73.2 Å². The molecule has 8 heteroatoms. The number of hydrogen-bond donors (Lipinski definition) is 1. The van der Waals surface area contributed by atoms with Crippen molar-refractivity contribution in [3.63, 3.8) is 0 Å². The van der Waals surface area contributed by atoms with Crippen LogP contribution >= 0.6 is 0 Å². The molecular weight excluding hydrogens is 469 g/mol. The first-order chi connectivity index (χ1) is 17.2. The number of benzene rings is 3. The summed E-state index contributed by atoms with van der Waals surface area (Å²) < 4.78 is 38.8. The fourth-order valence-electron chi connectivity index (χ4n) is 5.20. The zero-order valence-electron chi connectivity index (χ0n) is 19.2. The zero-order chi connectivity index (χ0) is 25.4. The van der Waals surface area contributed by atoms with Crippen LogP contribution in [0.15, 0.2) is 78.9 Å². The van der Waals surface area contributed by atoms with Crippen LogP contribution in [-0.4, -0.2) is 17.7 Å². The van der Waals surface area contributed by atoms with Gasteiger partial charge in [-0.25, -0.2) is 0 Å². The van der Waals surface area contributed by atoms with Crippen LogP contribution in [0, 0.1) is 11.8 Å². The minimum atomic E-state index is -4.52. The molecule has 1 saturated heterocycles. The van der Waals surface area contributed by atoms with E-state index in [0.717, 1.165) is 18.6 Å². The second kappa shape index (κ2) is 9.26. The Morgan fingerprint density at radius 1 is 0.833 bits per heavy atom. The third kappa shape index (κ3) is 4.51. The van der Waals surface area contributed by atoms with Gasteiger partial charge in [-0.15, -0.1) is 0 Å². The van der Waals surface area contributed by atoms with E-state index in [4.69, 9.17) is 0 Å². The van der Waals surface area contributed by atoms with Gasteiger partial charge in [0.05, 0.1) is 23.1 Å². The van der Waals surface area contributed by atoms with Crippen molar-refractivity contribution in [1.29, 1.82) is 0 Å². The lowest BCUT2D eigenvalue weighted by molar-refractivity contribution is -0.137. The Kier molecular flexibility index (Phi) is 6.12. The van der Waals surface area contributed by atoms with E-state index in [0.29, 0.717) is 18.5 Å². The number of hydrogen-bond acceptors (Lipinski definition) is 3. The highest BCUT2D eigenvalue weighted by molar-refractivity contribution is 6.22. The molecule has 0 aromatic heterocycles. The average Bonchev–Trinajstić information content (AvgIpc) is 3.13. The first kappa shape index (κ1) is 23.8. The third-order valence-electron chi connectivity index (χ3n) is 7.03. The molecule has 1 N–H and O–H groups in total. The van der Waals surface area contributed by atoms with Crippen LogP contribution in [0.25, 0.3) is 0 Å². The number of carbonyl (C=O) groups is 3. The third-order valence-corrected chi connectivity index (χ3v) is 7.03. The molecule has 5 nitrogen and oxygen atoms in total. The van der Waals surface area contributed by atoms with Crippen molar-refractivity contribution in [3.8, 4) is 0 Å². The largest absolute Gasteiger partial charge is 0.416 e. The van der Waals surface area contributed by atoms with Crippen molar-refractivity contribution in [2.24, 2.45) is 11.8 Å². The van der Waals surface area contributed by atoms with Crippen molar-refractivity contribution >= 4 is 29.1 Å². The molecule has 1 saturated carbocycles. The maximum Gasteiger partial charge on any atom is 0.416 e. The number of anilines is 2. The number of amides is 3. The predicted octanol–water partition coefficient (Wildman–Crippen LogP) is 6.03. The van der Waals surface area contributed by atoms with Crippen LogP contribution in [-0.2, 0) is 15.8 Å². The molecule has 0 unspecified atom stereocenters. The number of fused-ring (bicyclic) bond motifs is 1. The molecule has 184 valence electrons. The summed E-state index contributed by atoms with van der Waals surface area (Å²) in [4.78, 5) is 40.1. The van der Waals surface area contributed by atoms with Gasteiger partial charge in [-0.3, -0.25) is 19.3 Å². The van der Waals surface area contributed by atoms with Gasteiger partial charge in [0, 0.05) is 11.3 Å². The normalized spacial score (nSPS) is 21.9. The molecule has 1 aliphatic carbocycles. The molecule has 36 heavy (non-hydrogen) atoms. The van der Waals surface area contributed by atoms with E-state index in [2.05, 4.69) is 5.32 Å². The Bertz CT molecular complexity index is 1310. The van der Waals surface area contributed by atoms with Gasteiger partial charge in [-0.1, -0.05) is 36.4 Å². The summed E-state index contributed by atoms with van der Waals surface area (Å²) in [5, 5.41) is 2.45. The molecule has 5 rings (SSSR count). The number of halogens is 3. The molecule has 3 atom stereocenters. The van der Waals surface area contributed by atoms with Gasteiger partial charge in [0.15, 0.2) is 0 Å². The molecule has 2 aliphatic rings. The molecule has 1 heterocycles. The van der Waals surface area contributed by atoms with Crippen LogP contribution in [0.3, 0.4) is 0 Å². The minimum Gasteiger partial charge on any atom is -0.322 e. The molecule has 3 aromatic rings. The first-order valence-electron chi connectivity index (χ1n) is 11.7. The molecule has 0 radical (unpaired) electrons. The maximum absolute atomic E-state index is 13.2. The molecule has 3 amide bonds. The second-order valence-corrected chi connectivity index (χ2v) is 9.23. The van der Waals surface area contributed by atoms with E-state index >= 15 is 0 Å². The van der Waals surface area contributed by atoms with Crippen molar-refractivity contribution in [3.05, 3.63) is 95.6 Å². The summed E-state index contributed by atoms with van der Waals surface area (Å²) in [5.74, 6) is -1.54. The Balaban J connectivity index is 1.29. The number of carbonyl (C=O) groups excluding carboxylic acids is 3. The van der Waals surface area contributed by atoms with Crippen LogP contribution < -0.4 is 10.2 Å². The molecular formula is C28H23F3N2O3. The lowest BCUT2D eigenvalue weighted by Gasteiger charge is -2.28. The topological polar surface area (TPSA) is 66.5 Å². The molecule has 1 aliphatic heterocycles. The fourth-order valence-corrected chi connectivity index (χ4v) is 5.20. The standard InChI is InChI=1S/C28H23F3N2O3/c29-28(30,31)20-7-4-8-21(16-20)32-25(34)18-9-12-22(13-10-18)33-26(35)23-14-11-19(15-24(23)27(33)36)17-5-2-1-3-6-17/h1-10,12-13,16,19,23-24H,11,14-15H2,(H,32,34)/t19-,23-,24+/m1/s1. The number of rotatable bonds is 4. The predicted molar refractivity (Wildman–Crippen MR) is 128 cm³/mol. The summed E-state index contributed by atoms with van der Waals surface area (Å²) in [7, 11) is 0. The summed E-state index contributed by atoms with van der Waals surface area (Å²) >= 11 is 0. The highest BCUT2D eigenvalue weighted by atomic mass is 19.4. The second-order valence-electron chi connectivity index (χ2n) is 9.23. The summed E-state index contributed by atoms with van der Waals surface area (Å²) in [6, 6.07) is 20.3. The van der Waals surface area contributed by atoms with E-state index in [9.17, 15) is 27.6 Å². The summed E-state index contributed by atoms with van der Waals surface area (Å²) in [6.07, 6.45) is -2.42. The number of imide groups is 1. The van der Waals surface area contributed by atoms with Crippen molar-refractivity contribution < 1.29 is 27.6 Å². The molecule has 3 aromatic carbocycles. The molecule has 2 fully saturated rings. The SMILES string of the molecule is O=C(Nc1cccc(C(F)(F)F)c1)c1ccc(N2C(=O)[C@H]3C[C@H](c4ccccc4)CC[C@H]3C2=O)cc1. The van der Waals surface area contributed by atoms with Gasteiger partial charge in [0.2, 0.25) is 11.8 Å². The highest BCUT2D eigenvalue weighted by Crippen LogP contribution is 2.45. The van der Waals surface area contributed by atoms with Crippen molar-refractivity contribution in [2.75, 3.05) is 10.2 Å². The fraction of sp³-hybridized carbons (Fsp3) is 0.250. The van der Waals surface area contributed by atoms with E-state index in [1.807, 2.05) is 30.3 Å². The quantitative estimate of drug-likeness (QED) is 0.452. The molecule has 0 bridgehead atoms. The maximum atomic E-state index is 13.2. The van der Waals surface area contributed by atoms with Crippen LogP contribution in [0.5, 0.6) is 0 Å². The van der Waals surface area contributed by atoms with Gasteiger partial charge >= 0.3 is 6.18 Å². The van der Waals surface area contributed by atoms with Crippen LogP contribution in [0.1, 0.15) is 46.7 Å². The Morgan fingerprint density at radius 3 is 2.22 bits per heavy atom. The van der Waals surface area contributed by atoms with Crippen LogP contribution in [0.2, 0.25) is 0 Å². The zero-order valence-corrected chi connectivity index (χ0v) is 19.2. The van der Waals surface area contributed by atoms with Crippen molar-refractivity contribution in [1.82, 2.24) is 0 Å². The number of nitrogens with one attached hydrogen (secondary N) is 1. The van der Waals surface area contributed by atoms with Crippen LogP contribution in [0.4, 0.5) is 24.5 Å². The average molecular weight is 492 g/mol. The number of nitrogens with zero attached hydrogens (tertiary/aromatic N) is 1. The van der Waals surface area contributed by atoms with Gasteiger partial charge < -0.3 is 5.32 Å². The van der Waals surface area contributed by atoms with Gasteiger partial charge in [-0.2, -0.15) is 13.2 Å². The first-order valence-corrected chi connectivity index (χ1v) is 11.7. The monoisotopic (exact) mass is 492 g/mol. The van der Waals surface area contributed by atoms with E-state index in [1.54, 1.807) is 0 Å². The number of alkyl halides is 3. The smallest absolute Gasteiger partial charge is 0.322 e. The van der Waals surface area contributed by atoms with Crippen molar-refractivity contribution in [2.45, 2.75) is 31.4 Å². The summed E-state index contributed by atoms with van der Waals surface area (Å²) in [5.41, 5.74) is 0.896. The summed E-state index contributed by atoms with van der Waals surface area (Å²) in [6.45, 7) is 0. The highest BCUT2D eigenvalue weighted by Gasteiger charge is 2.50. The van der Waals surface area contributed by atoms with Gasteiger partial charge in [0.25, 0.3) is 5.91 Å². The molecule has 0 spiro atoms. The lowest BCUT2D eigenvalue weighted by Crippen LogP contribution is -2.30. The van der Waals surface area contributed by atoms with Gasteiger partial charge in [0.1, 0.15) is 0 Å². The van der Waals surface area contributed by atoms with E-state index in [1.165, 1.54) is 46.9 Å².